The van der Waals surface area contributed by atoms with Crippen molar-refractivity contribution >= 4 is 34.0 Å². The lowest BCUT2D eigenvalue weighted by molar-refractivity contribution is 0.102. The highest BCUT2D eigenvalue weighted by molar-refractivity contribution is 6.31. The number of aromatic hydroxyl groups is 1. The maximum atomic E-state index is 12.2. The molecule has 0 aliphatic rings. The predicted octanol–water partition coefficient (Wildman–Crippen LogP) is 4.45. The normalized spacial score (nSPS) is 10.5. The second-order valence-electron chi connectivity index (χ2n) is 4.68. The summed E-state index contributed by atoms with van der Waals surface area (Å²) in [5, 5.41) is 15.1. The molecule has 1 amide bonds. The highest BCUT2D eigenvalue weighted by atomic mass is 35.5. The van der Waals surface area contributed by atoms with Crippen molar-refractivity contribution in [3.05, 3.63) is 71.2 Å². The van der Waals surface area contributed by atoms with E-state index in [4.69, 9.17) is 11.6 Å². The summed E-state index contributed by atoms with van der Waals surface area (Å²) in [7, 11) is 0. The minimum Gasteiger partial charge on any atom is -0.507 e. The summed E-state index contributed by atoms with van der Waals surface area (Å²) in [6.07, 6.45) is 0. The van der Waals surface area contributed by atoms with E-state index in [1.54, 1.807) is 6.07 Å². The van der Waals surface area contributed by atoms with Crippen LogP contribution in [0.5, 0.6) is 5.75 Å². The van der Waals surface area contributed by atoms with Crippen LogP contribution in [0.4, 0.5) is 5.69 Å². The largest absolute Gasteiger partial charge is 0.507 e. The molecule has 0 unspecified atom stereocenters. The molecule has 0 aliphatic heterocycles. The number of fused-ring (bicyclic) bond motifs is 1. The van der Waals surface area contributed by atoms with Crippen molar-refractivity contribution < 1.29 is 9.90 Å². The van der Waals surface area contributed by atoms with E-state index in [-0.39, 0.29) is 17.2 Å². The number of hydrogen-bond donors (Lipinski definition) is 2. The molecule has 0 radical (unpaired) electrons. The Labute approximate surface area is 126 Å². The summed E-state index contributed by atoms with van der Waals surface area (Å²) in [4.78, 5) is 12.2. The monoisotopic (exact) mass is 297 g/mol. The van der Waals surface area contributed by atoms with Crippen molar-refractivity contribution in [2.75, 3.05) is 5.32 Å². The first-order chi connectivity index (χ1) is 10.1. The predicted molar refractivity (Wildman–Crippen MR) is 85.0 cm³/mol. The molecule has 104 valence electrons. The molecule has 3 aromatic carbocycles. The van der Waals surface area contributed by atoms with Crippen LogP contribution in [-0.2, 0) is 0 Å². The summed E-state index contributed by atoms with van der Waals surface area (Å²) in [5.74, 6) is -0.514. The maximum Gasteiger partial charge on any atom is 0.259 e. The van der Waals surface area contributed by atoms with Crippen molar-refractivity contribution in [1.82, 2.24) is 0 Å². The van der Waals surface area contributed by atoms with E-state index in [1.807, 2.05) is 42.5 Å². The molecule has 0 heterocycles. The third-order valence-electron chi connectivity index (χ3n) is 3.21. The lowest BCUT2D eigenvalue weighted by Crippen LogP contribution is -2.11. The standard InChI is InChI=1S/C17H12ClNO2/c18-13-6-8-15(16(20)10-13)17(21)19-14-7-5-11-3-1-2-4-12(11)9-14/h1-10,20H,(H,19,21). The third kappa shape index (κ3) is 2.83. The number of carbonyl (C=O) groups excluding carboxylic acids is 1. The number of anilines is 1. The number of benzene rings is 3. The quantitative estimate of drug-likeness (QED) is 0.734. The maximum absolute atomic E-state index is 12.2. The van der Waals surface area contributed by atoms with E-state index < -0.39 is 0 Å². The molecule has 0 bridgehead atoms. The fourth-order valence-corrected chi connectivity index (χ4v) is 2.33. The number of phenolic OH excluding ortho intramolecular Hbond substituents is 1. The lowest BCUT2D eigenvalue weighted by Gasteiger charge is -2.08. The molecule has 0 aromatic heterocycles. The minimum absolute atomic E-state index is 0.138. The van der Waals surface area contributed by atoms with Crippen LogP contribution in [0.25, 0.3) is 10.8 Å². The van der Waals surface area contributed by atoms with E-state index >= 15 is 0 Å². The zero-order chi connectivity index (χ0) is 14.8. The number of carbonyl (C=O) groups is 1. The van der Waals surface area contributed by atoms with Gasteiger partial charge in [-0.1, -0.05) is 41.9 Å². The van der Waals surface area contributed by atoms with E-state index in [9.17, 15) is 9.90 Å². The zero-order valence-electron chi connectivity index (χ0n) is 11.0. The van der Waals surface area contributed by atoms with Gasteiger partial charge in [0.2, 0.25) is 0 Å². The van der Waals surface area contributed by atoms with Crippen LogP contribution in [0.1, 0.15) is 10.4 Å². The summed E-state index contributed by atoms with van der Waals surface area (Å²) >= 11 is 5.76. The summed E-state index contributed by atoms with van der Waals surface area (Å²) < 4.78 is 0. The Morgan fingerprint density at radius 3 is 2.48 bits per heavy atom. The van der Waals surface area contributed by atoms with Crippen LogP contribution < -0.4 is 5.32 Å². The Kier molecular flexibility index (Phi) is 3.50. The number of nitrogens with one attached hydrogen (secondary N) is 1. The molecule has 0 fully saturated rings. The Bertz CT molecular complexity index is 830. The first kappa shape index (κ1) is 13.5. The summed E-state index contributed by atoms with van der Waals surface area (Å²) in [6.45, 7) is 0. The van der Waals surface area contributed by atoms with Gasteiger partial charge in [-0.3, -0.25) is 4.79 Å². The fourth-order valence-electron chi connectivity index (χ4n) is 2.16. The molecule has 0 atom stereocenters. The molecule has 0 saturated carbocycles. The van der Waals surface area contributed by atoms with Gasteiger partial charge >= 0.3 is 0 Å². The van der Waals surface area contributed by atoms with Gasteiger partial charge in [0.1, 0.15) is 5.75 Å². The van der Waals surface area contributed by atoms with Crippen LogP contribution in [0.2, 0.25) is 5.02 Å². The smallest absolute Gasteiger partial charge is 0.259 e. The first-order valence-corrected chi connectivity index (χ1v) is 6.80. The van der Waals surface area contributed by atoms with Crippen LogP contribution >= 0.6 is 11.6 Å². The average Bonchev–Trinajstić information content (AvgIpc) is 2.47. The summed E-state index contributed by atoms with van der Waals surface area (Å²) in [5.41, 5.74) is 0.862. The molecular weight excluding hydrogens is 286 g/mol. The second kappa shape index (κ2) is 5.46. The van der Waals surface area contributed by atoms with E-state index in [0.29, 0.717) is 10.7 Å². The molecule has 0 aliphatic carbocycles. The molecule has 0 saturated heterocycles. The first-order valence-electron chi connectivity index (χ1n) is 6.42. The Balaban J connectivity index is 1.89. The van der Waals surface area contributed by atoms with Crippen molar-refractivity contribution in [2.45, 2.75) is 0 Å². The number of amides is 1. The zero-order valence-corrected chi connectivity index (χ0v) is 11.8. The number of rotatable bonds is 2. The van der Waals surface area contributed by atoms with Gasteiger partial charge in [-0.25, -0.2) is 0 Å². The van der Waals surface area contributed by atoms with Gasteiger partial charge in [0, 0.05) is 10.7 Å². The van der Waals surface area contributed by atoms with Crippen LogP contribution in [0.3, 0.4) is 0 Å². The molecular formula is C17H12ClNO2. The SMILES string of the molecule is O=C(Nc1ccc2ccccc2c1)c1ccc(Cl)cc1O. The van der Waals surface area contributed by atoms with Gasteiger partial charge in [0.15, 0.2) is 0 Å². The molecule has 3 nitrogen and oxygen atoms in total. The third-order valence-corrected chi connectivity index (χ3v) is 3.45. The second-order valence-corrected chi connectivity index (χ2v) is 5.11. The van der Waals surface area contributed by atoms with Crippen LogP contribution in [0, 0.1) is 0 Å². The van der Waals surface area contributed by atoms with Gasteiger partial charge in [0.05, 0.1) is 5.56 Å². The van der Waals surface area contributed by atoms with Gasteiger partial charge in [0.25, 0.3) is 5.91 Å². The molecule has 4 heteroatoms. The van der Waals surface area contributed by atoms with Crippen molar-refractivity contribution in [1.29, 1.82) is 0 Å². The van der Waals surface area contributed by atoms with Crippen molar-refractivity contribution in [3.63, 3.8) is 0 Å². The Morgan fingerprint density at radius 2 is 1.71 bits per heavy atom. The molecule has 3 rings (SSSR count). The summed E-state index contributed by atoms with van der Waals surface area (Å²) in [6, 6.07) is 17.9. The van der Waals surface area contributed by atoms with Crippen molar-refractivity contribution in [3.8, 4) is 5.75 Å². The highest BCUT2D eigenvalue weighted by Crippen LogP contribution is 2.24. The van der Waals surface area contributed by atoms with Gasteiger partial charge in [-0.05, 0) is 41.1 Å². The van der Waals surface area contributed by atoms with E-state index in [0.717, 1.165) is 10.8 Å². The average molecular weight is 298 g/mol. The number of hydrogen-bond acceptors (Lipinski definition) is 2. The van der Waals surface area contributed by atoms with Gasteiger partial charge < -0.3 is 10.4 Å². The lowest BCUT2D eigenvalue weighted by atomic mass is 10.1. The van der Waals surface area contributed by atoms with Crippen molar-refractivity contribution in [2.24, 2.45) is 0 Å². The number of halogens is 1. The highest BCUT2D eigenvalue weighted by Gasteiger charge is 2.11. The van der Waals surface area contributed by atoms with Gasteiger partial charge in [-0.2, -0.15) is 0 Å². The molecule has 0 spiro atoms. The minimum atomic E-state index is -0.376. The van der Waals surface area contributed by atoms with Gasteiger partial charge in [-0.15, -0.1) is 0 Å². The Hall–Kier alpha value is -2.52. The topological polar surface area (TPSA) is 49.3 Å². The molecule has 3 aromatic rings. The Morgan fingerprint density at radius 1 is 0.952 bits per heavy atom. The number of phenols is 1. The van der Waals surface area contributed by atoms with E-state index in [2.05, 4.69) is 5.32 Å². The molecule has 21 heavy (non-hydrogen) atoms. The van der Waals surface area contributed by atoms with Crippen LogP contribution in [-0.4, -0.2) is 11.0 Å². The fraction of sp³-hybridized carbons (Fsp3) is 0. The van der Waals surface area contributed by atoms with Crippen LogP contribution in [0.15, 0.2) is 60.7 Å². The van der Waals surface area contributed by atoms with E-state index in [1.165, 1.54) is 12.1 Å². The molecule has 2 N–H and O–H groups in total.